The Morgan fingerprint density at radius 2 is 1.33 bits per heavy atom. The predicted molar refractivity (Wildman–Crippen MR) is 343 cm³/mol. The Morgan fingerprint density at radius 3 is 2.00 bits per heavy atom. The van der Waals surface area contributed by atoms with E-state index in [1.807, 2.05) is 0 Å². The monoisotopic (exact) mass is 1520 g/mol. The maximum Gasteiger partial charge on any atom is 0.342 e. The van der Waals surface area contributed by atoms with Crippen molar-refractivity contribution in [2.24, 2.45) is 5.18 Å². The number of hydrogen-bond acceptors (Lipinski definition) is 35. The van der Waals surface area contributed by atoms with E-state index in [1.54, 1.807) is 55.4 Å². The number of halogens is 2. The number of methoxy groups -OCH3 is 7. The third kappa shape index (κ3) is 14.8. The molecule has 0 amide bonds. The molecule has 103 heavy (non-hydrogen) atoms. The molecule has 11 saturated heterocycles. The molecule has 11 aliphatic heterocycles. The Balaban J connectivity index is 0.687. The maximum absolute atomic E-state index is 14.3. The molecule has 11 heterocycles. The molecule has 11 fully saturated rings. The van der Waals surface area contributed by atoms with Crippen molar-refractivity contribution in [2.45, 2.75) is 301 Å². The van der Waals surface area contributed by atoms with Gasteiger partial charge in [0.25, 0.3) is 5.97 Å². The van der Waals surface area contributed by atoms with E-state index in [1.165, 1.54) is 56.7 Å². The third-order valence-electron chi connectivity index (χ3n) is 21.8. The van der Waals surface area contributed by atoms with Crippen molar-refractivity contribution in [3.63, 3.8) is 0 Å². The second-order valence-corrected chi connectivity index (χ2v) is 29.3. The molecule has 1 aromatic carbocycles. The number of aromatic hydroxyl groups is 1. The molecule has 0 aromatic heterocycles. The van der Waals surface area contributed by atoms with Crippen molar-refractivity contribution in [3.05, 3.63) is 26.1 Å². The SMILES string of the molecule is COC[C@H]1O[C@@H](O[C@@H]2OC[C@@H]3O[C@@]4(OC[C@@](O)([C@H](C)OC)[C@@H]5OCO[C@H]54)O[C@H]3[C@H]2OC)[C@@H](OC)[C@@H](O)[C@@H]1O[C@@H]1O[C@H](C)[C@H](OC)[C@H](O[C@H]2C[C@@]3(C)O[C@@]4(C[C@@H](O)[C@H](O[C@H]5C[C@@H](O[C@H]6C[C@](C)(N=O)[C@@H](OC)[C@H](C)O6)[C@H](OC(=O)c6c(C)c(Cl)c(O)c(Cl)c6OC)[C@@H](C)O5)[C@@H](C)O4)O[C@@H]3[C@@H](C)O2)[C@H]1O. The molecule has 35 atom stereocenters. The number of carbonyl (C=O) groups is 1. The summed E-state index contributed by atoms with van der Waals surface area (Å²) in [6.45, 7) is 14.4. The van der Waals surface area contributed by atoms with E-state index in [0.29, 0.717) is 0 Å². The summed E-state index contributed by atoms with van der Waals surface area (Å²) in [4.78, 5) is 26.7. The van der Waals surface area contributed by atoms with Crippen molar-refractivity contribution >= 4 is 29.2 Å². The number of phenolic OH excluding ortho intramolecular Hbond substituents is 1. The van der Waals surface area contributed by atoms with Gasteiger partial charge in [-0.2, -0.15) is 4.91 Å². The van der Waals surface area contributed by atoms with Crippen LogP contribution in [0.15, 0.2) is 5.18 Å². The minimum Gasteiger partial charge on any atom is -0.505 e. The van der Waals surface area contributed by atoms with Crippen molar-refractivity contribution in [1.82, 2.24) is 0 Å². The van der Waals surface area contributed by atoms with Gasteiger partial charge in [0.1, 0.15) is 126 Å². The molecule has 37 heteroatoms. The Hall–Kier alpha value is -2.69. The van der Waals surface area contributed by atoms with Gasteiger partial charge < -0.3 is 153 Å². The summed E-state index contributed by atoms with van der Waals surface area (Å²) >= 11 is 12.8. The van der Waals surface area contributed by atoms with Gasteiger partial charge in [0, 0.05) is 61.9 Å². The average Bonchev–Trinajstić information content (AvgIpc) is 1.59. The normalized spacial score (nSPS) is 48.7. The fraction of sp³-hybridized carbons (Fsp3) is 0.894. The van der Waals surface area contributed by atoms with Crippen LogP contribution in [-0.4, -0.2) is 321 Å². The number of phenols is 1. The molecular formula is C66H99Cl2NO34. The van der Waals surface area contributed by atoms with Crippen molar-refractivity contribution in [3.8, 4) is 11.5 Å². The zero-order valence-corrected chi connectivity index (χ0v) is 61.8. The predicted octanol–water partition coefficient (Wildman–Crippen LogP) is 2.26. The highest BCUT2D eigenvalue weighted by Crippen LogP contribution is 2.53. The lowest BCUT2D eigenvalue weighted by atomic mass is 9.85. The number of hydrogen-bond donors (Lipinski definition) is 5. The molecule has 0 saturated carbocycles. The molecule has 11 aliphatic rings. The molecule has 35 nitrogen and oxygen atoms in total. The molecular weight excluding hydrogens is 1420 g/mol. The number of aliphatic hydroxyl groups is 4. The minimum atomic E-state index is -1.84. The van der Waals surface area contributed by atoms with Gasteiger partial charge in [-0.3, -0.25) is 0 Å². The number of esters is 1. The quantitative estimate of drug-likeness (QED) is 0.0821. The van der Waals surface area contributed by atoms with E-state index in [9.17, 15) is 35.2 Å². The van der Waals surface area contributed by atoms with Crippen LogP contribution in [-0.2, 0) is 123 Å². The van der Waals surface area contributed by atoms with Crippen LogP contribution in [0.4, 0.5) is 0 Å². The summed E-state index contributed by atoms with van der Waals surface area (Å²) in [5.41, 5.74) is -4.14. The second kappa shape index (κ2) is 31.6. The zero-order chi connectivity index (χ0) is 74.3. The lowest BCUT2D eigenvalue weighted by Crippen LogP contribution is -2.69. The summed E-state index contributed by atoms with van der Waals surface area (Å²) in [6.07, 6.45) is -32.4. The first kappa shape index (κ1) is 79.8. The number of carbonyl (C=O) groups excluding carboxylic acids is 1. The van der Waals surface area contributed by atoms with Gasteiger partial charge in [0.2, 0.25) is 0 Å². The number of ether oxygens (including phenoxy) is 27. The molecule has 1 aromatic rings. The van der Waals surface area contributed by atoms with Crippen LogP contribution in [0, 0.1) is 11.8 Å². The van der Waals surface area contributed by atoms with E-state index < -0.39 is 225 Å². The van der Waals surface area contributed by atoms with Gasteiger partial charge in [-0.05, 0) is 67.9 Å². The number of benzene rings is 1. The van der Waals surface area contributed by atoms with Crippen molar-refractivity contribution in [2.75, 3.05) is 76.4 Å². The largest absolute Gasteiger partial charge is 0.505 e. The highest BCUT2D eigenvalue weighted by molar-refractivity contribution is 6.39. The number of nitrogens with zero attached hydrogens (tertiary/aromatic N) is 1. The van der Waals surface area contributed by atoms with Crippen LogP contribution >= 0.6 is 23.2 Å². The fourth-order valence-electron chi connectivity index (χ4n) is 16.5. The molecule has 0 aliphatic carbocycles. The van der Waals surface area contributed by atoms with Crippen LogP contribution in [0.3, 0.4) is 0 Å². The average molecular weight is 1520 g/mol. The summed E-state index contributed by atoms with van der Waals surface area (Å²) in [5, 5.41) is 61.9. The molecule has 12 rings (SSSR count). The van der Waals surface area contributed by atoms with Crippen LogP contribution in [0.5, 0.6) is 11.5 Å². The first-order valence-electron chi connectivity index (χ1n) is 34.6. The number of fused-ring (bicyclic) bond motifs is 4. The number of nitroso groups, excluding NO2 is 1. The first-order chi connectivity index (χ1) is 48.9. The maximum atomic E-state index is 14.3. The van der Waals surface area contributed by atoms with E-state index in [2.05, 4.69) is 5.18 Å². The second-order valence-electron chi connectivity index (χ2n) is 28.6. The third-order valence-corrected chi connectivity index (χ3v) is 22.6. The highest BCUT2D eigenvalue weighted by atomic mass is 35.5. The van der Waals surface area contributed by atoms with Gasteiger partial charge in [-0.1, -0.05) is 28.4 Å². The van der Waals surface area contributed by atoms with Gasteiger partial charge in [-0.15, -0.1) is 0 Å². The molecule has 0 unspecified atom stereocenters. The number of rotatable bonds is 22. The summed E-state index contributed by atoms with van der Waals surface area (Å²) in [7, 11) is 9.81. The Bertz CT molecular complexity index is 3090. The Labute approximate surface area is 605 Å². The minimum absolute atomic E-state index is 0.00444. The first-order valence-corrected chi connectivity index (χ1v) is 35.3. The molecule has 0 bridgehead atoms. The zero-order valence-electron chi connectivity index (χ0n) is 60.3. The van der Waals surface area contributed by atoms with E-state index in [4.69, 9.17) is 151 Å². The number of aliphatic hydroxyl groups excluding tert-OH is 3. The van der Waals surface area contributed by atoms with Gasteiger partial charge in [0.15, 0.2) is 61.4 Å². The van der Waals surface area contributed by atoms with Crippen molar-refractivity contribution in [1.29, 1.82) is 0 Å². The summed E-state index contributed by atoms with van der Waals surface area (Å²) in [5.74, 6) is -5.28. The van der Waals surface area contributed by atoms with Gasteiger partial charge >= 0.3 is 11.9 Å². The van der Waals surface area contributed by atoms with E-state index in [0.717, 1.165) is 0 Å². The lowest BCUT2D eigenvalue weighted by Gasteiger charge is -2.49. The van der Waals surface area contributed by atoms with Gasteiger partial charge in [0.05, 0.1) is 81.1 Å². The van der Waals surface area contributed by atoms with Crippen LogP contribution < -0.4 is 4.74 Å². The van der Waals surface area contributed by atoms with Crippen LogP contribution in [0.1, 0.15) is 97.0 Å². The molecule has 586 valence electrons. The van der Waals surface area contributed by atoms with E-state index >= 15 is 0 Å². The van der Waals surface area contributed by atoms with E-state index in [-0.39, 0.29) is 79.2 Å². The fourth-order valence-corrected chi connectivity index (χ4v) is 17.0. The topological polar surface area (TPSA) is 397 Å². The standard InChI is InChI=1S/C66H99Cl2NO34/c1-25-39(50(80-13)41(68)42(71)40(25)67)58(74)96-46-26(2)88-36(17-33(46)92-37-19-62(8,69-76)54(83-16)29(5)89-37)94-45-28(4)99-65(18-32(45)70)102-55-30(6)90-38(20-63(55,9)103-65)95-51-44(73)59(91-27(3)47(51)79-12)97-48-34(21-77-10)93-61(52(81-14)43(48)72)98-60-53(82-15)49-35(22-84-60)100-66(101-49)57-56(85-24-86-57)64(75,23-87-66)31(7)78-11/h26-38,43-49,51-57,59-61,70-73,75H,17-24H2,1-16H3/t26-,27-,28-,29+,30-,31+,32-,33-,34-,35+,36+,37+,38+,43+,44-,45-,46-,47+,48-,49-,51-,52+,53-,54+,55-,56-,57-,59+,60+,61+,62+,63-,64-,65-,66-/m1/s1. The van der Waals surface area contributed by atoms with Crippen LogP contribution in [0.2, 0.25) is 10.0 Å². The Kier molecular flexibility index (Phi) is 24.5. The molecule has 5 N–H and O–H groups in total. The van der Waals surface area contributed by atoms with Crippen LogP contribution in [0.25, 0.3) is 0 Å². The smallest absolute Gasteiger partial charge is 0.342 e. The summed E-state index contributed by atoms with van der Waals surface area (Å²) in [6, 6.07) is 0. The lowest BCUT2D eigenvalue weighted by molar-refractivity contribution is -0.422. The van der Waals surface area contributed by atoms with Crippen molar-refractivity contribution < 1.29 is 158 Å². The Morgan fingerprint density at radius 1 is 0.650 bits per heavy atom. The summed E-state index contributed by atoms with van der Waals surface area (Å²) < 4.78 is 168. The highest BCUT2D eigenvalue weighted by Gasteiger charge is 2.71. The molecule has 2 spiro atoms. The van der Waals surface area contributed by atoms with Gasteiger partial charge in [-0.25, -0.2) is 4.79 Å². The molecule has 0 radical (unpaired) electrons.